The fraction of sp³-hybridized carbons (Fsp3) is 0.261. The van der Waals surface area contributed by atoms with E-state index in [0.717, 1.165) is 47.8 Å². The number of aryl methyl sites for hydroxylation is 1. The van der Waals surface area contributed by atoms with Gasteiger partial charge in [0.2, 0.25) is 5.82 Å². The largest absolute Gasteiger partial charge is 0.494 e. The first-order chi connectivity index (χ1) is 17.2. The normalized spacial score (nSPS) is 12.9. The maximum absolute atomic E-state index is 10.6. The van der Waals surface area contributed by atoms with Gasteiger partial charge in [0.1, 0.15) is 11.4 Å². The predicted octanol–water partition coefficient (Wildman–Crippen LogP) is 3.58. The van der Waals surface area contributed by atoms with Gasteiger partial charge in [-0.25, -0.2) is 9.48 Å². The lowest BCUT2D eigenvalue weighted by Crippen LogP contribution is -2.24. The van der Waals surface area contributed by atoms with E-state index in [-0.39, 0.29) is 0 Å². The summed E-state index contributed by atoms with van der Waals surface area (Å²) in [5.41, 5.74) is 5.89. The quantitative estimate of drug-likeness (QED) is 0.430. The van der Waals surface area contributed by atoms with Gasteiger partial charge < -0.3 is 19.7 Å². The summed E-state index contributed by atoms with van der Waals surface area (Å²) in [5, 5.41) is 19.2. The maximum atomic E-state index is 10.6. The van der Waals surface area contributed by atoms with E-state index < -0.39 is 12.1 Å². The number of carboxylic acids is 1. The Bertz CT molecular complexity index is 1380. The molecule has 0 atom stereocenters. The van der Waals surface area contributed by atoms with Crippen LogP contribution in [0.2, 0.25) is 0 Å². The van der Waals surface area contributed by atoms with E-state index in [4.69, 9.17) is 19.2 Å². The minimum atomic E-state index is -5.08. The number of carboxylic acid groups (broad SMARTS) is 1. The van der Waals surface area contributed by atoms with Gasteiger partial charge in [0.05, 0.1) is 18.9 Å². The van der Waals surface area contributed by atoms with Gasteiger partial charge in [-0.3, -0.25) is 4.98 Å². The number of para-hydroxylation sites is 2. The van der Waals surface area contributed by atoms with Crippen LogP contribution in [0.3, 0.4) is 0 Å². The van der Waals surface area contributed by atoms with E-state index in [2.05, 4.69) is 25.5 Å². The molecular formula is C23H21F3N6O4. The number of pyridine rings is 1. The third kappa shape index (κ3) is 5.20. The SMILES string of the molecule is COc1ccccc1-n1cc(-c2nc(-c3c(C)ncc4c3CCNC4)no2)cn1.O=C(O)C(F)(F)F. The van der Waals surface area contributed by atoms with Crippen LogP contribution < -0.4 is 10.1 Å². The van der Waals surface area contributed by atoms with Crippen molar-refractivity contribution in [3.8, 4) is 34.3 Å². The smallest absolute Gasteiger partial charge is 0.490 e. The number of hydrogen-bond donors (Lipinski definition) is 2. The molecule has 0 unspecified atom stereocenters. The zero-order chi connectivity index (χ0) is 25.9. The van der Waals surface area contributed by atoms with Crippen molar-refractivity contribution in [1.82, 2.24) is 30.2 Å². The maximum Gasteiger partial charge on any atom is 0.490 e. The van der Waals surface area contributed by atoms with Gasteiger partial charge in [-0.2, -0.15) is 23.3 Å². The number of rotatable bonds is 4. The molecule has 0 fully saturated rings. The van der Waals surface area contributed by atoms with Crippen LogP contribution >= 0.6 is 0 Å². The second-order valence-electron chi connectivity index (χ2n) is 7.72. The number of alkyl halides is 3. The van der Waals surface area contributed by atoms with Crippen LogP contribution in [0.1, 0.15) is 16.8 Å². The molecule has 2 N–H and O–H groups in total. The first kappa shape index (κ1) is 24.9. The second kappa shape index (κ2) is 10.2. The Balaban J connectivity index is 0.000000384. The topological polar surface area (TPSA) is 128 Å². The minimum absolute atomic E-state index is 0.423. The Morgan fingerprint density at radius 2 is 2.00 bits per heavy atom. The summed E-state index contributed by atoms with van der Waals surface area (Å²) in [4.78, 5) is 18.1. The summed E-state index contributed by atoms with van der Waals surface area (Å²) in [7, 11) is 1.64. The Kier molecular flexibility index (Phi) is 7.01. The molecule has 4 aromatic rings. The van der Waals surface area contributed by atoms with Gasteiger partial charge in [-0.15, -0.1) is 0 Å². The molecule has 36 heavy (non-hydrogen) atoms. The highest BCUT2D eigenvalue weighted by Gasteiger charge is 2.38. The van der Waals surface area contributed by atoms with Crippen molar-refractivity contribution < 1.29 is 32.3 Å². The zero-order valence-electron chi connectivity index (χ0n) is 19.2. The molecule has 0 bridgehead atoms. The van der Waals surface area contributed by atoms with Crippen LogP contribution in [0.15, 0.2) is 47.4 Å². The van der Waals surface area contributed by atoms with Gasteiger partial charge in [-0.05, 0) is 43.1 Å². The number of aromatic nitrogens is 5. The van der Waals surface area contributed by atoms with E-state index >= 15 is 0 Å². The lowest BCUT2D eigenvalue weighted by molar-refractivity contribution is -0.192. The molecule has 1 aliphatic rings. The highest BCUT2D eigenvalue weighted by atomic mass is 19.4. The number of hydrogen-bond acceptors (Lipinski definition) is 8. The summed E-state index contributed by atoms with van der Waals surface area (Å²) < 4.78 is 44.5. The molecular weight excluding hydrogens is 481 g/mol. The number of nitrogens with one attached hydrogen (secondary N) is 1. The fourth-order valence-electron chi connectivity index (χ4n) is 3.69. The van der Waals surface area contributed by atoms with Gasteiger partial charge in [-0.1, -0.05) is 17.3 Å². The Labute approximate surface area is 202 Å². The van der Waals surface area contributed by atoms with Crippen LogP contribution in [0.5, 0.6) is 5.75 Å². The monoisotopic (exact) mass is 502 g/mol. The number of benzene rings is 1. The van der Waals surface area contributed by atoms with E-state index in [1.165, 1.54) is 11.1 Å². The lowest BCUT2D eigenvalue weighted by Gasteiger charge is -2.19. The first-order valence-electron chi connectivity index (χ1n) is 10.7. The van der Waals surface area contributed by atoms with Crippen LogP contribution in [-0.4, -0.2) is 55.8 Å². The first-order valence-corrected chi connectivity index (χ1v) is 10.7. The van der Waals surface area contributed by atoms with Crippen LogP contribution in [-0.2, 0) is 17.8 Å². The third-order valence-electron chi connectivity index (χ3n) is 5.39. The van der Waals surface area contributed by atoms with Crippen LogP contribution in [0.25, 0.3) is 28.5 Å². The van der Waals surface area contributed by atoms with Gasteiger partial charge in [0.15, 0.2) is 0 Å². The Morgan fingerprint density at radius 1 is 1.25 bits per heavy atom. The fourth-order valence-corrected chi connectivity index (χ4v) is 3.69. The Morgan fingerprint density at radius 3 is 2.72 bits per heavy atom. The highest BCUT2D eigenvalue weighted by molar-refractivity contribution is 5.73. The molecule has 0 radical (unpaired) electrons. The molecule has 4 heterocycles. The molecule has 3 aromatic heterocycles. The molecule has 0 aliphatic carbocycles. The second-order valence-corrected chi connectivity index (χ2v) is 7.72. The summed E-state index contributed by atoms with van der Waals surface area (Å²) >= 11 is 0. The van der Waals surface area contributed by atoms with E-state index in [9.17, 15) is 13.2 Å². The molecule has 0 saturated heterocycles. The molecule has 1 aliphatic heterocycles. The van der Waals surface area contributed by atoms with Crippen molar-refractivity contribution in [2.75, 3.05) is 13.7 Å². The summed E-state index contributed by atoms with van der Waals surface area (Å²) in [6, 6.07) is 7.69. The van der Waals surface area contributed by atoms with Gasteiger partial charge in [0, 0.05) is 30.2 Å². The van der Waals surface area contributed by atoms with Gasteiger partial charge >= 0.3 is 12.1 Å². The predicted molar refractivity (Wildman–Crippen MR) is 120 cm³/mol. The third-order valence-corrected chi connectivity index (χ3v) is 5.39. The number of halogens is 3. The average Bonchev–Trinajstić information content (AvgIpc) is 3.54. The van der Waals surface area contributed by atoms with E-state index in [0.29, 0.717) is 11.7 Å². The summed E-state index contributed by atoms with van der Waals surface area (Å²) in [6.45, 7) is 3.72. The highest BCUT2D eigenvalue weighted by Crippen LogP contribution is 2.31. The average molecular weight is 502 g/mol. The van der Waals surface area contributed by atoms with Crippen LogP contribution in [0, 0.1) is 6.92 Å². The van der Waals surface area contributed by atoms with Crippen LogP contribution in [0.4, 0.5) is 13.2 Å². The number of ether oxygens (including phenoxy) is 1. The molecule has 13 heteroatoms. The molecule has 5 rings (SSSR count). The standard InChI is InChI=1S/C21H20N6O2.C2HF3O2/c1-13-19(16-7-8-22-9-14(16)10-23-13)20-25-21(29-26-20)15-11-24-27(12-15)17-5-3-4-6-18(17)28-2;3-2(4,5)1(6)7/h3-6,10-12,22H,7-9H2,1-2H3;(H,6,7). The number of carbonyl (C=O) groups is 1. The van der Waals surface area contributed by atoms with Crippen molar-refractivity contribution >= 4 is 5.97 Å². The van der Waals surface area contributed by atoms with Crippen molar-refractivity contribution in [1.29, 1.82) is 0 Å². The number of methoxy groups -OCH3 is 1. The van der Waals surface area contributed by atoms with E-state index in [1.54, 1.807) is 18.0 Å². The van der Waals surface area contributed by atoms with Crippen molar-refractivity contribution in [3.05, 3.63) is 59.7 Å². The summed E-state index contributed by atoms with van der Waals surface area (Å²) in [6.07, 6.45) is 1.33. The van der Waals surface area contributed by atoms with Crippen molar-refractivity contribution in [2.24, 2.45) is 0 Å². The molecule has 10 nitrogen and oxygen atoms in total. The van der Waals surface area contributed by atoms with Crippen molar-refractivity contribution in [2.45, 2.75) is 26.1 Å². The number of fused-ring (bicyclic) bond motifs is 1. The summed E-state index contributed by atoms with van der Waals surface area (Å²) in [5.74, 6) is -1.03. The molecule has 0 spiro atoms. The molecule has 0 amide bonds. The Hall–Kier alpha value is -4.26. The van der Waals surface area contributed by atoms with E-state index in [1.807, 2.05) is 43.6 Å². The molecule has 1 aromatic carbocycles. The number of aliphatic carboxylic acids is 1. The van der Waals surface area contributed by atoms with Gasteiger partial charge in [0.25, 0.3) is 5.89 Å². The molecule has 0 saturated carbocycles. The number of nitrogens with zero attached hydrogens (tertiary/aromatic N) is 5. The lowest BCUT2D eigenvalue weighted by atomic mass is 9.95. The zero-order valence-corrected chi connectivity index (χ0v) is 19.2. The molecule has 188 valence electrons. The minimum Gasteiger partial charge on any atom is -0.494 e. The van der Waals surface area contributed by atoms with Crippen molar-refractivity contribution in [3.63, 3.8) is 0 Å².